The lowest BCUT2D eigenvalue weighted by Crippen LogP contribution is -1.98. The van der Waals surface area contributed by atoms with E-state index >= 15 is 0 Å². The second kappa shape index (κ2) is 7.21. The van der Waals surface area contributed by atoms with Crippen molar-refractivity contribution in [2.75, 3.05) is 13.2 Å². The highest BCUT2D eigenvalue weighted by Gasteiger charge is 1.84. The van der Waals surface area contributed by atoms with Crippen LogP contribution in [0.1, 0.15) is 19.3 Å². The van der Waals surface area contributed by atoms with Gasteiger partial charge < -0.3 is 5.73 Å². The second-order valence-electron chi connectivity index (χ2n) is 1.66. The van der Waals surface area contributed by atoms with Crippen LogP contribution in [0.3, 0.4) is 0 Å². The van der Waals surface area contributed by atoms with Gasteiger partial charge in [0.1, 0.15) is 0 Å². The van der Waals surface area contributed by atoms with Crippen LogP contribution in [0, 0.1) is 0 Å². The van der Waals surface area contributed by atoms with Crippen LogP contribution >= 0.6 is 11.9 Å². The van der Waals surface area contributed by atoms with Crippen molar-refractivity contribution >= 4 is 11.9 Å². The molecule has 2 nitrogen and oxygen atoms in total. The minimum absolute atomic E-state index is 0.640. The molecule has 50 valence electrons. The summed E-state index contributed by atoms with van der Waals surface area (Å²) in [6.45, 7) is 1.41. The van der Waals surface area contributed by atoms with E-state index in [2.05, 4.69) is 4.29 Å². The van der Waals surface area contributed by atoms with E-state index in [9.17, 15) is 0 Å². The van der Waals surface area contributed by atoms with Gasteiger partial charge in [-0.1, -0.05) is 0 Å². The lowest BCUT2D eigenvalue weighted by atomic mass is 10.2. The van der Waals surface area contributed by atoms with Crippen molar-refractivity contribution in [2.45, 2.75) is 19.3 Å². The lowest BCUT2D eigenvalue weighted by molar-refractivity contribution is 0.337. The molecule has 0 aliphatic carbocycles. The van der Waals surface area contributed by atoms with E-state index < -0.39 is 0 Å². The first kappa shape index (κ1) is 8.21. The number of rotatable bonds is 5. The summed E-state index contributed by atoms with van der Waals surface area (Å²) < 4.78 is 4.32. The smallest absolute Gasteiger partial charge is 0.0682 e. The second-order valence-corrected chi connectivity index (χ2v) is 1.88. The van der Waals surface area contributed by atoms with Crippen LogP contribution in [-0.2, 0) is 4.29 Å². The van der Waals surface area contributed by atoms with E-state index in [0.29, 0.717) is 6.61 Å². The van der Waals surface area contributed by atoms with E-state index in [1.54, 1.807) is 0 Å². The minimum atomic E-state index is 0.640. The third-order valence-corrected chi connectivity index (χ3v) is 1.08. The van der Waals surface area contributed by atoms with Crippen LogP contribution in [0.4, 0.5) is 0 Å². The molecule has 8 heavy (non-hydrogen) atoms. The van der Waals surface area contributed by atoms with Crippen LogP contribution < -0.4 is 5.73 Å². The van der Waals surface area contributed by atoms with Gasteiger partial charge in [-0.25, -0.2) is 0 Å². The van der Waals surface area contributed by atoms with Gasteiger partial charge >= 0.3 is 0 Å². The number of hydrogen-bond donors (Lipinski definition) is 1. The van der Waals surface area contributed by atoms with Crippen LogP contribution in [0.15, 0.2) is 0 Å². The fourth-order valence-electron chi connectivity index (χ4n) is 0.478. The van der Waals surface area contributed by atoms with Crippen LogP contribution in [-0.4, -0.2) is 13.2 Å². The van der Waals surface area contributed by atoms with Gasteiger partial charge in [-0.15, -0.1) is 0 Å². The highest BCUT2D eigenvalue weighted by atomic mass is 35.5. The normalized spacial score (nSPS) is 9.75. The fourth-order valence-corrected chi connectivity index (χ4v) is 0.587. The molecule has 0 spiro atoms. The molecule has 0 aromatic carbocycles. The molecule has 2 N–H and O–H groups in total. The van der Waals surface area contributed by atoms with Crippen molar-refractivity contribution < 1.29 is 4.29 Å². The zero-order valence-electron chi connectivity index (χ0n) is 4.90. The van der Waals surface area contributed by atoms with Gasteiger partial charge in [-0.3, -0.25) is 4.29 Å². The Morgan fingerprint density at radius 3 is 2.50 bits per heavy atom. The van der Waals surface area contributed by atoms with Gasteiger partial charge in [0.25, 0.3) is 0 Å². The predicted molar refractivity (Wildman–Crippen MR) is 34.7 cm³/mol. The first-order valence-corrected chi connectivity index (χ1v) is 3.16. The van der Waals surface area contributed by atoms with E-state index in [4.69, 9.17) is 17.6 Å². The molecular weight excluding hydrogens is 126 g/mol. The van der Waals surface area contributed by atoms with E-state index in [0.717, 1.165) is 25.8 Å². The van der Waals surface area contributed by atoms with Crippen LogP contribution in [0.25, 0.3) is 0 Å². The van der Waals surface area contributed by atoms with Gasteiger partial charge in [-0.05, 0) is 25.8 Å². The molecule has 0 fully saturated rings. The average Bonchev–Trinajstić information content (AvgIpc) is 1.81. The quantitative estimate of drug-likeness (QED) is 0.580. The van der Waals surface area contributed by atoms with E-state index in [1.807, 2.05) is 0 Å². The van der Waals surface area contributed by atoms with Gasteiger partial charge in [0, 0.05) is 0 Å². The molecule has 3 heteroatoms. The van der Waals surface area contributed by atoms with Gasteiger partial charge in [0.2, 0.25) is 0 Å². The summed E-state index contributed by atoms with van der Waals surface area (Å²) in [4.78, 5) is 0. The van der Waals surface area contributed by atoms with Crippen molar-refractivity contribution in [3.63, 3.8) is 0 Å². The molecule has 0 amide bonds. The molecule has 0 aliphatic heterocycles. The molecule has 0 radical (unpaired) electrons. The zero-order chi connectivity index (χ0) is 6.24. The summed E-state index contributed by atoms with van der Waals surface area (Å²) in [6.07, 6.45) is 3.20. The highest BCUT2D eigenvalue weighted by molar-refractivity contribution is 6.07. The van der Waals surface area contributed by atoms with Gasteiger partial charge in [-0.2, -0.15) is 0 Å². The first-order chi connectivity index (χ1) is 3.91. The maximum Gasteiger partial charge on any atom is 0.0682 e. The Morgan fingerprint density at radius 1 is 1.25 bits per heavy atom. The van der Waals surface area contributed by atoms with E-state index in [1.165, 1.54) is 0 Å². The molecule has 0 heterocycles. The Hall–Kier alpha value is 0.210. The Bertz CT molecular complexity index is 37.4. The maximum absolute atomic E-state index is 5.24. The number of nitrogens with two attached hydrogens (primary N) is 1. The minimum Gasteiger partial charge on any atom is -0.330 e. The topological polar surface area (TPSA) is 35.2 Å². The van der Waals surface area contributed by atoms with Gasteiger partial charge in [0.15, 0.2) is 0 Å². The standard InChI is InChI=1S/C5H12ClNO/c6-8-5-3-1-2-4-7/h1-5,7H2. The summed E-state index contributed by atoms with van der Waals surface area (Å²) in [5.74, 6) is 0. The SMILES string of the molecule is NCCCCCOCl. The number of halogens is 1. The number of hydrogen-bond acceptors (Lipinski definition) is 2. The Balaban J connectivity index is 2.53. The molecule has 0 aliphatic rings. The number of unbranched alkanes of at least 4 members (excludes halogenated alkanes) is 2. The van der Waals surface area contributed by atoms with Crippen LogP contribution in [0.5, 0.6) is 0 Å². The maximum atomic E-state index is 5.24. The summed E-state index contributed by atoms with van der Waals surface area (Å²) in [6, 6.07) is 0. The van der Waals surface area contributed by atoms with Crippen molar-refractivity contribution in [3.8, 4) is 0 Å². The van der Waals surface area contributed by atoms with Crippen LogP contribution in [0.2, 0.25) is 0 Å². The Labute approximate surface area is 55.1 Å². The van der Waals surface area contributed by atoms with E-state index in [-0.39, 0.29) is 0 Å². The summed E-state index contributed by atoms with van der Waals surface area (Å²) in [7, 11) is 0. The van der Waals surface area contributed by atoms with Gasteiger partial charge in [0.05, 0.1) is 18.5 Å². The molecule has 0 saturated carbocycles. The molecular formula is C5H12ClNO. The third-order valence-electron chi connectivity index (χ3n) is 0.926. The molecule has 0 rings (SSSR count). The lowest BCUT2D eigenvalue weighted by Gasteiger charge is -1.93. The molecule has 0 unspecified atom stereocenters. The summed E-state index contributed by atoms with van der Waals surface area (Å²) in [5, 5.41) is 0. The zero-order valence-corrected chi connectivity index (χ0v) is 5.66. The first-order valence-electron chi connectivity index (χ1n) is 2.85. The molecule has 0 atom stereocenters. The highest BCUT2D eigenvalue weighted by Crippen LogP contribution is 1.94. The largest absolute Gasteiger partial charge is 0.330 e. The van der Waals surface area contributed by atoms with Crippen molar-refractivity contribution in [3.05, 3.63) is 0 Å². The Kier molecular flexibility index (Phi) is 7.40. The monoisotopic (exact) mass is 137 g/mol. The average molecular weight is 138 g/mol. The van der Waals surface area contributed by atoms with Crippen molar-refractivity contribution in [2.24, 2.45) is 5.73 Å². The molecule has 0 saturated heterocycles. The molecule has 0 bridgehead atoms. The molecule has 0 aromatic heterocycles. The summed E-state index contributed by atoms with van der Waals surface area (Å²) >= 11 is 4.95. The molecule has 0 aromatic rings. The summed E-state index contributed by atoms with van der Waals surface area (Å²) in [5.41, 5.74) is 5.24. The Morgan fingerprint density at radius 2 is 2.00 bits per heavy atom. The van der Waals surface area contributed by atoms with Crippen molar-refractivity contribution in [1.29, 1.82) is 0 Å². The fraction of sp³-hybridized carbons (Fsp3) is 1.00. The third kappa shape index (κ3) is 6.21. The van der Waals surface area contributed by atoms with Crippen molar-refractivity contribution in [1.82, 2.24) is 0 Å². The predicted octanol–water partition coefficient (Wildman–Crippen LogP) is 1.29.